The van der Waals surface area contributed by atoms with E-state index >= 15 is 0 Å². The highest BCUT2D eigenvalue weighted by molar-refractivity contribution is 9.10. The molecule has 0 fully saturated rings. The zero-order valence-corrected chi connectivity index (χ0v) is 12.4. The first-order valence-corrected chi connectivity index (χ1v) is 6.98. The lowest BCUT2D eigenvalue weighted by molar-refractivity contribution is 0.664. The third-order valence-corrected chi connectivity index (χ3v) is 4.11. The van der Waals surface area contributed by atoms with Crippen LogP contribution in [0.5, 0.6) is 0 Å². The summed E-state index contributed by atoms with van der Waals surface area (Å²) in [6, 6.07) is 0. The Kier molecular flexibility index (Phi) is 4.48. The molecular formula is C9H12BrN7S. The molecule has 96 valence electrons. The third-order valence-electron chi connectivity index (χ3n) is 2.07. The van der Waals surface area contributed by atoms with Gasteiger partial charge >= 0.3 is 0 Å². The Labute approximate surface area is 117 Å². The van der Waals surface area contributed by atoms with E-state index in [1.807, 2.05) is 0 Å². The highest BCUT2D eigenvalue weighted by Gasteiger charge is 2.12. The van der Waals surface area contributed by atoms with Gasteiger partial charge in [0.25, 0.3) is 0 Å². The van der Waals surface area contributed by atoms with Crippen molar-refractivity contribution < 1.29 is 0 Å². The fourth-order valence-electron chi connectivity index (χ4n) is 1.19. The van der Waals surface area contributed by atoms with Crippen LogP contribution in [-0.2, 0) is 7.05 Å². The average molecular weight is 330 g/mol. The van der Waals surface area contributed by atoms with Crippen LogP contribution in [0.4, 0.5) is 5.82 Å². The highest BCUT2D eigenvalue weighted by Crippen LogP contribution is 2.33. The van der Waals surface area contributed by atoms with E-state index in [1.54, 1.807) is 11.7 Å². The first kappa shape index (κ1) is 13.2. The Hall–Kier alpha value is -1.22. The van der Waals surface area contributed by atoms with Crippen LogP contribution in [-0.4, -0.2) is 36.7 Å². The molecule has 0 saturated carbocycles. The second-order valence-electron chi connectivity index (χ2n) is 3.46. The number of halogens is 1. The lowest BCUT2D eigenvalue weighted by Gasteiger charge is -2.08. The van der Waals surface area contributed by atoms with Crippen LogP contribution in [0, 0.1) is 0 Å². The van der Waals surface area contributed by atoms with E-state index < -0.39 is 0 Å². The van der Waals surface area contributed by atoms with Crippen LogP contribution in [0.1, 0.15) is 13.3 Å². The zero-order valence-electron chi connectivity index (χ0n) is 9.96. The first-order chi connectivity index (χ1) is 8.72. The molecular weight excluding hydrogens is 318 g/mol. The summed E-state index contributed by atoms with van der Waals surface area (Å²) in [6.07, 6.45) is 2.56. The Balaban J connectivity index is 2.21. The quantitative estimate of drug-likeness (QED) is 0.836. The molecule has 2 aromatic heterocycles. The van der Waals surface area contributed by atoms with Crippen LogP contribution in [0.15, 0.2) is 21.0 Å². The van der Waals surface area contributed by atoms with Crippen molar-refractivity contribution in [3.8, 4) is 0 Å². The predicted octanol–water partition coefficient (Wildman–Crippen LogP) is 1.74. The smallest absolute Gasteiger partial charge is 0.215 e. The van der Waals surface area contributed by atoms with Gasteiger partial charge in [0.05, 0.1) is 4.47 Å². The Bertz CT molecular complexity index is 529. The summed E-state index contributed by atoms with van der Waals surface area (Å²) in [5.41, 5.74) is 0. The summed E-state index contributed by atoms with van der Waals surface area (Å²) in [5, 5.41) is 16.0. The minimum Gasteiger partial charge on any atom is -0.369 e. The monoisotopic (exact) mass is 329 g/mol. The molecule has 0 bridgehead atoms. The summed E-state index contributed by atoms with van der Waals surface area (Å²) in [5.74, 6) is 0.782. The van der Waals surface area contributed by atoms with Crippen molar-refractivity contribution in [1.29, 1.82) is 0 Å². The summed E-state index contributed by atoms with van der Waals surface area (Å²) >= 11 is 4.88. The van der Waals surface area contributed by atoms with Crippen molar-refractivity contribution in [3.05, 3.63) is 10.8 Å². The molecule has 7 nitrogen and oxygen atoms in total. The molecule has 0 spiro atoms. The molecule has 0 aliphatic rings. The van der Waals surface area contributed by atoms with E-state index in [0.29, 0.717) is 5.16 Å². The second-order valence-corrected chi connectivity index (χ2v) is 5.20. The number of hydrogen-bond acceptors (Lipinski definition) is 7. The molecule has 0 unspecified atom stereocenters. The normalized spacial score (nSPS) is 10.6. The van der Waals surface area contributed by atoms with Crippen molar-refractivity contribution >= 4 is 33.5 Å². The Morgan fingerprint density at radius 3 is 2.94 bits per heavy atom. The maximum absolute atomic E-state index is 4.22. The number of rotatable bonds is 5. The summed E-state index contributed by atoms with van der Waals surface area (Å²) in [6.45, 7) is 2.97. The predicted molar refractivity (Wildman–Crippen MR) is 71.4 cm³/mol. The fraction of sp³-hybridized carbons (Fsp3) is 0.444. The van der Waals surface area contributed by atoms with Gasteiger partial charge < -0.3 is 5.32 Å². The van der Waals surface area contributed by atoms with Gasteiger partial charge in [-0.3, -0.25) is 0 Å². The number of nitrogens with one attached hydrogen (secondary N) is 1. The minimum absolute atomic E-state index is 0.677. The molecule has 0 amide bonds. The van der Waals surface area contributed by atoms with E-state index in [-0.39, 0.29) is 0 Å². The number of nitrogens with zero attached hydrogens (tertiary/aromatic N) is 6. The van der Waals surface area contributed by atoms with Gasteiger partial charge in [0.1, 0.15) is 17.2 Å². The molecule has 0 aliphatic heterocycles. The van der Waals surface area contributed by atoms with Crippen molar-refractivity contribution in [2.45, 2.75) is 23.5 Å². The van der Waals surface area contributed by atoms with Crippen LogP contribution in [0.3, 0.4) is 0 Å². The maximum atomic E-state index is 4.22. The summed E-state index contributed by atoms with van der Waals surface area (Å²) in [4.78, 5) is 8.41. The summed E-state index contributed by atoms with van der Waals surface area (Å²) < 4.78 is 2.42. The molecule has 0 atom stereocenters. The molecule has 0 aliphatic carbocycles. The van der Waals surface area contributed by atoms with Crippen LogP contribution < -0.4 is 5.32 Å². The number of hydrogen-bond donors (Lipinski definition) is 1. The summed E-state index contributed by atoms with van der Waals surface area (Å²) in [7, 11) is 1.79. The van der Waals surface area contributed by atoms with Crippen molar-refractivity contribution in [1.82, 2.24) is 30.2 Å². The van der Waals surface area contributed by atoms with Gasteiger partial charge in [-0.1, -0.05) is 6.92 Å². The average Bonchev–Trinajstić information content (AvgIpc) is 2.76. The number of aromatic nitrogens is 6. The van der Waals surface area contributed by atoms with Gasteiger partial charge in [-0.05, 0) is 44.5 Å². The van der Waals surface area contributed by atoms with Crippen molar-refractivity contribution in [3.63, 3.8) is 0 Å². The van der Waals surface area contributed by atoms with Gasteiger partial charge in [0.15, 0.2) is 0 Å². The fourth-order valence-corrected chi connectivity index (χ4v) is 2.48. The third kappa shape index (κ3) is 2.96. The van der Waals surface area contributed by atoms with Crippen LogP contribution in [0.25, 0.3) is 0 Å². The van der Waals surface area contributed by atoms with Crippen LogP contribution >= 0.6 is 27.7 Å². The van der Waals surface area contributed by atoms with Gasteiger partial charge in [-0.2, -0.15) is 0 Å². The molecule has 18 heavy (non-hydrogen) atoms. The molecule has 0 aromatic carbocycles. The Morgan fingerprint density at radius 2 is 2.28 bits per heavy atom. The lowest BCUT2D eigenvalue weighted by atomic mass is 10.4. The largest absolute Gasteiger partial charge is 0.369 e. The molecule has 0 saturated heterocycles. The number of anilines is 1. The SMILES string of the molecule is CCCNc1ncnc(Sc2nnnn2C)c1Br. The second kappa shape index (κ2) is 6.10. The number of aryl methyl sites for hydroxylation is 1. The molecule has 2 rings (SSSR count). The molecule has 0 radical (unpaired) electrons. The Morgan fingerprint density at radius 1 is 1.44 bits per heavy atom. The zero-order chi connectivity index (χ0) is 13.0. The molecule has 1 N–H and O–H groups in total. The van der Waals surface area contributed by atoms with E-state index in [2.05, 4.69) is 53.7 Å². The van der Waals surface area contributed by atoms with E-state index in [1.165, 1.54) is 18.1 Å². The van der Waals surface area contributed by atoms with Gasteiger partial charge in [0, 0.05) is 13.6 Å². The standard InChI is InChI=1S/C9H12BrN7S/c1-3-4-11-7-6(10)8(13-5-12-7)18-9-14-15-16-17(9)2/h5H,3-4H2,1-2H3,(H,11,12,13). The molecule has 2 aromatic rings. The lowest BCUT2D eigenvalue weighted by Crippen LogP contribution is -2.04. The van der Waals surface area contributed by atoms with E-state index in [4.69, 9.17) is 0 Å². The minimum atomic E-state index is 0.677. The molecule has 9 heteroatoms. The highest BCUT2D eigenvalue weighted by atomic mass is 79.9. The topological polar surface area (TPSA) is 81.4 Å². The van der Waals surface area contributed by atoms with Crippen LogP contribution in [0.2, 0.25) is 0 Å². The molecule has 2 heterocycles. The van der Waals surface area contributed by atoms with E-state index in [0.717, 1.165) is 28.3 Å². The maximum Gasteiger partial charge on any atom is 0.215 e. The first-order valence-electron chi connectivity index (χ1n) is 5.37. The van der Waals surface area contributed by atoms with Gasteiger partial charge in [-0.15, -0.1) is 5.10 Å². The van der Waals surface area contributed by atoms with Gasteiger partial charge in [-0.25, -0.2) is 14.6 Å². The van der Waals surface area contributed by atoms with Crippen molar-refractivity contribution in [2.75, 3.05) is 11.9 Å². The number of tetrazole rings is 1. The van der Waals surface area contributed by atoms with Gasteiger partial charge in [0.2, 0.25) is 5.16 Å². The van der Waals surface area contributed by atoms with Crippen molar-refractivity contribution in [2.24, 2.45) is 7.05 Å². The van der Waals surface area contributed by atoms with E-state index in [9.17, 15) is 0 Å².